The quantitative estimate of drug-likeness (QED) is 0.167. The first-order chi connectivity index (χ1) is 30.6. The second-order valence-electron chi connectivity index (χ2n) is 17.1. The van der Waals surface area contributed by atoms with Crippen molar-refractivity contribution in [3.05, 3.63) is 217 Å². The fraction of sp³-hybridized carbons (Fsp3) is 0.0667. The molecule has 62 heavy (non-hydrogen) atoms. The molecule has 0 amide bonds. The maximum absolute atomic E-state index is 6.10. The second-order valence-corrected chi connectivity index (χ2v) is 17.1. The van der Waals surface area contributed by atoms with Crippen molar-refractivity contribution in [3.63, 3.8) is 0 Å². The molecule has 0 spiro atoms. The number of fused-ring (bicyclic) bond motifs is 9. The second kappa shape index (κ2) is 13.7. The Morgan fingerprint density at radius 3 is 1.82 bits per heavy atom. The molecule has 0 aliphatic heterocycles. The molecule has 2 nitrogen and oxygen atoms in total. The highest BCUT2D eigenvalue weighted by atomic mass is 16.3. The van der Waals surface area contributed by atoms with Crippen LogP contribution in [0.5, 0.6) is 0 Å². The topological polar surface area (TPSA) is 16.4 Å². The van der Waals surface area contributed by atoms with Crippen molar-refractivity contribution in [3.8, 4) is 55.6 Å². The van der Waals surface area contributed by atoms with Crippen molar-refractivity contribution < 1.29 is 4.42 Å². The molecule has 9 aromatic carbocycles. The average molecular weight is 792 g/mol. The highest BCUT2D eigenvalue weighted by Gasteiger charge is 2.29. The summed E-state index contributed by atoms with van der Waals surface area (Å²) in [6.07, 6.45) is 9.20. The number of nitrogens with zero attached hydrogens (tertiary/aromatic N) is 1. The van der Waals surface area contributed by atoms with E-state index in [0.29, 0.717) is 0 Å². The summed E-state index contributed by atoms with van der Waals surface area (Å²) in [5.74, 6) is 0.281. The normalized spacial score (nSPS) is 14.6. The van der Waals surface area contributed by atoms with Gasteiger partial charge in [-0.3, -0.25) is 0 Å². The van der Waals surface area contributed by atoms with Gasteiger partial charge in [-0.2, -0.15) is 0 Å². The van der Waals surface area contributed by atoms with Crippen molar-refractivity contribution in [2.24, 2.45) is 0 Å². The molecule has 0 N–H and O–H groups in total. The number of allylic oxidation sites excluding steroid dienone is 4. The van der Waals surface area contributed by atoms with Crippen molar-refractivity contribution in [2.75, 3.05) is 4.90 Å². The van der Waals surface area contributed by atoms with Gasteiger partial charge >= 0.3 is 0 Å². The molecule has 1 unspecified atom stereocenters. The van der Waals surface area contributed by atoms with Crippen LogP contribution in [0, 0.1) is 0 Å². The molecule has 0 fully saturated rings. The zero-order valence-electron chi connectivity index (χ0n) is 34.4. The van der Waals surface area contributed by atoms with Crippen LogP contribution in [0.2, 0.25) is 0 Å². The Bertz CT molecular complexity index is 3500. The van der Waals surface area contributed by atoms with E-state index in [1.54, 1.807) is 0 Å². The number of furan rings is 1. The summed E-state index contributed by atoms with van der Waals surface area (Å²) in [6.45, 7) is 2.38. The minimum absolute atomic E-state index is 0.281. The van der Waals surface area contributed by atoms with E-state index in [1.165, 1.54) is 94.4 Å². The van der Waals surface area contributed by atoms with Crippen molar-refractivity contribution >= 4 is 55.3 Å². The third-order valence-electron chi connectivity index (χ3n) is 13.7. The number of hydrogen-bond acceptors (Lipinski definition) is 2. The molecule has 0 saturated heterocycles. The molecular formula is C60H41NO. The first kappa shape index (κ1) is 35.1. The third kappa shape index (κ3) is 5.36. The van der Waals surface area contributed by atoms with Gasteiger partial charge in [-0.05, 0) is 151 Å². The van der Waals surface area contributed by atoms with Crippen LogP contribution in [0.3, 0.4) is 0 Å². The Morgan fingerprint density at radius 2 is 1.03 bits per heavy atom. The Morgan fingerprint density at radius 1 is 0.435 bits per heavy atom. The Hall–Kier alpha value is -7.68. The van der Waals surface area contributed by atoms with Crippen LogP contribution < -0.4 is 4.90 Å². The molecule has 10 aromatic rings. The summed E-state index contributed by atoms with van der Waals surface area (Å²) >= 11 is 0. The van der Waals surface area contributed by atoms with E-state index in [-0.39, 0.29) is 5.92 Å². The lowest BCUT2D eigenvalue weighted by molar-refractivity contribution is 0.669. The Kier molecular flexibility index (Phi) is 7.74. The van der Waals surface area contributed by atoms with Crippen LogP contribution in [0.4, 0.5) is 17.1 Å². The first-order valence-corrected chi connectivity index (χ1v) is 21.9. The summed E-state index contributed by atoms with van der Waals surface area (Å²) in [6, 6.07) is 67.4. The number of para-hydroxylation sites is 1. The van der Waals surface area contributed by atoms with Crippen LogP contribution in [0.25, 0.3) is 93.9 Å². The van der Waals surface area contributed by atoms with Crippen LogP contribution in [-0.4, -0.2) is 0 Å². The Labute approximate surface area is 361 Å². The number of rotatable bonds is 6. The molecule has 1 heterocycles. The van der Waals surface area contributed by atoms with E-state index < -0.39 is 0 Å². The molecule has 13 rings (SSSR count). The van der Waals surface area contributed by atoms with E-state index in [1.807, 2.05) is 12.1 Å². The van der Waals surface area contributed by atoms with Crippen LogP contribution in [-0.2, 0) is 0 Å². The lowest BCUT2D eigenvalue weighted by Gasteiger charge is -2.28. The lowest BCUT2D eigenvalue weighted by Crippen LogP contribution is -2.11. The predicted molar refractivity (Wildman–Crippen MR) is 261 cm³/mol. The SMILES string of the molecule is CC1c2cc(C3=CCCC=C3)ccc2-c2ccc(N(c3ccc(-c4ccc(-c5ccc6oc7ccccc7c6c5)cc4)cc3)c3ccc4c5c(cccc35)-c3ccccc3-4)cc21. The summed E-state index contributed by atoms with van der Waals surface area (Å²) < 4.78 is 6.10. The first-order valence-electron chi connectivity index (χ1n) is 21.9. The largest absolute Gasteiger partial charge is 0.456 e. The fourth-order valence-corrected chi connectivity index (χ4v) is 10.6. The summed E-state index contributed by atoms with van der Waals surface area (Å²) in [5, 5.41) is 4.88. The molecule has 2 heteroatoms. The van der Waals surface area contributed by atoms with E-state index >= 15 is 0 Å². The summed E-state index contributed by atoms with van der Waals surface area (Å²) in [5.41, 5.74) is 23.4. The van der Waals surface area contributed by atoms with Gasteiger partial charge in [0.25, 0.3) is 0 Å². The van der Waals surface area contributed by atoms with Gasteiger partial charge < -0.3 is 9.32 Å². The van der Waals surface area contributed by atoms with Gasteiger partial charge in [-0.1, -0.05) is 153 Å². The number of hydrogen-bond donors (Lipinski definition) is 0. The predicted octanol–water partition coefficient (Wildman–Crippen LogP) is 17.1. The molecule has 3 aliphatic rings. The summed E-state index contributed by atoms with van der Waals surface area (Å²) in [7, 11) is 0. The minimum Gasteiger partial charge on any atom is -0.456 e. The highest BCUT2D eigenvalue weighted by Crippen LogP contribution is 2.53. The van der Waals surface area contributed by atoms with Crippen LogP contribution >= 0.6 is 0 Å². The highest BCUT2D eigenvalue weighted by molar-refractivity contribution is 6.19. The molecule has 3 aliphatic carbocycles. The lowest BCUT2D eigenvalue weighted by atomic mass is 9.93. The van der Waals surface area contributed by atoms with Gasteiger partial charge in [0.2, 0.25) is 0 Å². The van der Waals surface area contributed by atoms with Gasteiger partial charge in [-0.15, -0.1) is 0 Å². The zero-order valence-corrected chi connectivity index (χ0v) is 34.4. The standard InChI is InChI=1S/C60H41NO/c1-37-54-34-42(38-10-3-2-4-11-38)24-29-48(54)49-30-28-45(36-55(37)49)61(57-32-31-52-47-13-6-5-12-46(47)51-15-9-16-53(57)60(51)52)44-26-22-40(23-27-44)39-18-20-41(21-19-39)43-25-33-59-56(35-43)50-14-7-8-17-58(50)62-59/h3,5-37H,2,4H2,1H3. The zero-order chi connectivity index (χ0) is 40.9. The van der Waals surface area contributed by atoms with Crippen LogP contribution in [0.15, 0.2) is 205 Å². The van der Waals surface area contributed by atoms with Crippen molar-refractivity contribution in [1.29, 1.82) is 0 Å². The number of benzene rings is 9. The van der Waals surface area contributed by atoms with Gasteiger partial charge in [-0.25, -0.2) is 0 Å². The monoisotopic (exact) mass is 791 g/mol. The van der Waals surface area contributed by atoms with E-state index in [9.17, 15) is 0 Å². The van der Waals surface area contributed by atoms with Crippen molar-refractivity contribution in [1.82, 2.24) is 0 Å². The van der Waals surface area contributed by atoms with Gasteiger partial charge in [0, 0.05) is 33.5 Å². The molecule has 0 saturated carbocycles. The maximum atomic E-state index is 6.10. The maximum Gasteiger partial charge on any atom is 0.135 e. The Balaban J connectivity index is 0.893. The van der Waals surface area contributed by atoms with E-state index in [4.69, 9.17) is 4.42 Å². The molecule has 292 valence electrons. The van der Waals surface area contributed by atoms with Crippen molar-refractivity contribution in [2.45, 2.75) is 25.7 Å². The molecule has 0 radical (unpaired) electrons. The number of anilines is 3. The van der Waals surface area contributed by atoms with Gasteiger partial charge in [0.05, 0.1) is 5.69 Å². The average Bonchev–Trinajstić information content (AvgIpc) is 3.97. The fourth-order valence-electron chi connectivity index (χ4n) is 10.6. The van der Waals surface area contributed by atoms with E-state index in [0.717, 1.165) is 46.2 Å². The van der Waals surface area contributed by atoms with Gasteiger partial charge in [0.1, 0.15) is 11.2 Å². The smallest absolute Gasteiger partial charge is 0.135 e. The molecule has 1 atom stereocenters. The molecule has 0 bridgehead atoms. The summed E-state index contributed by atoms with van der Waals surface area (Å²) in [4.78, 5) is 2.48. The third-order valence-corrected chi connectivity index (χ3v) is 13.7. The van der Waals surface area contributed by atoms with Crippen LogP contribution in [0.1, 0.15) is 42.4 Å². The van der Waals surface area contributed by atoms with Gasteiger partial charge in [0.15, 0.2) is 0 Å². The van der Waals surface area contributed by atoms with E-state index in [2.05, 4.69) is 200 Å². The minimum atomic E-state index is 0.281. The molecule has 1 aromatic heterocycles. The molecular weight excluding hydrogens is 751 g/mol.